The maximum atomic E-state index is 13.3. The predicted molar refractivity (Wildman–Crippen MR) is 127 cm³/mol. The average molecular weight is 438 g/mol. The van der Waals surface area contributed by atoms with Crippen LogP contribution in [0.25, 0.3) is 10.9 Å². The van der Waals surface area contributed by atoms with Gasteiger partial charge in [0.05, 0.1) is 12.1 Å². The highest BCUT2D eigenvalue weighted by Crippen LogP contribution is 2.26. The second kappa shape index (κ2) is 9.15. The van der Waals surface area contributed by atoms with Crippen LogP contribution in [0.5, 0.6) is 0 Å². The van der Waals surface area contributed by atoms with Crippen molar-refractivity contribution in [3.8, 4) is 0 Å². The number of nitrogens with one attached hydrogen (secondary N) is 2. The molecule has 1 heterocycles. The van der Waals surface area contributed by atoms with E-state index in [0.717, 1.165) is 47.7 Å². The molecule has 162 valence electrons. The molecule has 0 saturated heterocycles. The summed E-state index contributed by atoms with van der Waals surface area (Å²) in [6.07, 6.45) is 5.30. The number of rotatable bonds is 4. The van der Waals surface area contributed by atoms with Crippen molar-refractivity contribution in [2.75, 3.05) is 5.32 Å². The molecule has 5 nitrogen and oxygen atoms in total. The first kappa shape index (κ1) is 21.4. The number of fused-ring (bicyclic) bond motifs is 1. The van der Waals surface area contributed by atoms with Crippen LogP contribution >= 0.6 is 11.6 Å². The van der Waals surface area contributed by atoms with Crippen LogP contribution in [0.1, 0.15) is 48.8 Å². The van der Waals surface area contributed by atoms with Gasteiger partial charge in [-0.3, -0.25) is 4.79 Å². The third-order valence-electron chi connectivity index (χ3n) is 6.23. The predicted octanol–water partition coefficient (Wildman–Crippen LogP) is 6.17. The molecule has 2 amide bonds. The average Bonchev–Trinajstić information content (AvgIpc) is 2.77. The van der Waals surface area contributed by atoms with Crippen LogP contribution in [0.4, 0.5) is 10.5 Å². The molecular formula is C25H28ClN3O2. The minimum absolute atomic E-state index is 0.120. The zero-order valence-corrected chi connectivity index (χ0v) is 18.8. The van der Waals surface area contributed by atoms with Gasteiger partial charge in [0.1, 0.15) is 0 Å². The van der Waals surface area contributed by atoms with Gasteiger partial charge in [-0.2, -0.15) is 0 Å². The Hall–Kier alpha value is -2.79. The zero-order valence-electron chi connectivity index (χ0n) is 18.0. The first-order chi connectivity index (χ1) is 14.9. The van der Waals surface area contributed by atoms with Crippen LogP contribution in [0, 0.1) is 13.8 Å². The molecule has 0 atom stereocenters. The van der Waals surface area contributed by atoms with Crippen LogP contribution < -0.4 is 10.9 Å². The number of hydrogen-bond donors (Lipinski definition) is 2. The summed E-state index contributed by atoms with van der Waals surface area (Å²) in [5, 5.41) is 4.63. The SMILES string of the molecule is Cc1ccc(C)c2[nH]c(=O)c(CN(C(=O)Nc3ccc(Cl)cc3)C3CCCCC3)cc12. The first-order valence-corrected chi connectivity index (χ1v) is 11.3. The lowest BCUT2D eigenvalue weighted by Crippen LogP contribution is -2.44. The molecular weight excluding hydrogens is 410 g/mol. The van der Waals surface area contributed by atoms with Gasteiger partial charge < -0.3 is 15.2 Å². The molecule has 0 radical (unpaired) electrons. The second-order valence-corrected chi connectivity index (χ2v) is 8.90. The van der Waals surface area contributed by atoms with E-state index < -0.39 is 0 Å². The van der Waals surface area contributed by atoms with Gasteiger partial charge >= 0.3 is 6.03 Å². The van der Waals surface area contributed by atoms with Gasteiger partial charge in [0.25, 0.3) is 5.56 Å². The summed E-state index contributed by atoms with van der Waals surface area (Å²) >= 11 is 5.97. The van der Waals surface area contributed by atoms with E-state index in [-0.39, 0.29) is 24.2 Å². The van der Waals surface area contributed by atoms with Crippen molar-refractivity contribution < 1.29 is 4.79 Å². The smallest absolute Gasteiger partial charge is 0.321 e. The van der Waals surface area contributed by atoms with Crippen LogP contribution in [-0.2, 0) is 6.54 Å². The number of hydrogen-bond acceptors (Lipinski definition) is 2. The lowest BCUT2D eigenvalue weighted by atomic mass is 9.94. The lowest BCUT2D eigenvalue weighted by Gasteiger charge is -2.34. The van der Waals surface area contributed by atoms with E-state index in [9.17, 15) is 9.59 Å². The number of halogens is 1. The molecule has 1 aliphatic carbocycles. The van der Waals surface area contributed by atoms with Crippen molar-refractivity contribution in [2.45, 2.75) is 58.5 Å². The number of carbonyl (C=O) groups excluding carboxylic acids is 1. The Kier molecular flexibility index (Phi) is 6.33. The van der Waals surface area contributed by atoms with Gasteiger partial charge in [-0.05, 0) is 68.1 Å². The fourth-order valence-corrected chi connectivity index (χ4v) is 4.53. The van der Waals surface area contributed by atoms with Crippen molar-refractivity contribution in [2.24, 2.45) is 0 Å². The number of carbonyl (C=O) groups is 1. The van der Waals surface area contributed by atoms with Crippen LogP contribution in [0.3, 0.4) is 0 Å². The standard InChI is InChI=1S/C25H28ClN3O2/c1-16-8-9-17(2)23-22(16)14-18(24(30)28-23)15-29(21-6-4-3-5-7-21)25(31)27-20-12-10-19(26)11-13-20/h8-14,21H,3-7,15H2,1-2H3,(H,27,31)(H,28,30). The largest absolute Gasteiger partial charge is 0.322 e. The monoisotopic (exact) mass is 437 g/mol. The highest BCUT2D eigenvalue weighted by atomic mass is 35.5. The summed E-state index contributed by atoms with van der Waals surface area (Å²) in [7, 11) is 0. The molecule has 3 aromatic rings. The number of benzene rings is 2. The third kappa shape index (κ3) is 4.77. The van der Waals surface area contributed by atoms with Crippen molar-refractivity contribution >= 4 is 34.2 Å². The molecule has 1 fully saturated rings. The Labute approximate surface area is 187 Å². The number of H-pyrrole nitrogens is 1. The summed E-state index contributed by atoms with van der Waals surface area (Å²) < 4.78 is 0. The summed E-state index contributed by atoms with van der Waals surface area (Å²) in [5.74, 6) is 0. The fraction of sp³-hybridized carbons (Fsp3) is 0.360. The summed E-state index contributed by atoms with van der Waals surface area (Å²) in [4.78, 5) is 31.0. The number of aromatic nitrogens is 1. The van der Waals surface area contributed by atoms with E-state index in [1.54, 1.807) is 24.3 Å². The van der Waals surface area contributed by atoms with Crippen molar-refractivity contribution in [1.82, 2.24) is 9.88 Å². The number of urea groups is 1. The summed E-state index contributed by atoms with van der Waals surface area (Å²) in [6, 6.07) is 13.0. The van der Waals surface area contributed by atoms with Gasteiger partial charge in [-0.25, -0.2) is 4.79 Å². The maximum Gasteiger partial charge on any atom is 0.322 e. The van der Waals surface area contributed by atoms with Gasteiger partial charge in [0, 0.05) is 27.7 Å². The van der Waals surface area contributed by atoms with E-state index in [1.165, 1.54) is 6.42 Å². The van der Waals surface area contributed by atoms with E-state index in [4.69, 9.17) is 11.6 Å². The second-order valence-electron chi connectivity index (χ2n) is 8.47. The zero-order chi connectivity index (χ0) is 22.0. The number of aromatic amines is 1. The van der Waals surface area contributed by atoms with Crippen molar-refractivity contribution in [3.63, 3.8) is 0 Å². The molecule has 2 aromatic carbocycles. The maximum absolute atomic E-state index is 13.3. The molecule has 6 heteroatoms. The van der Waals surface area contributed by atoms with Crippen LogP contribution in [-0.4, -0.2) is 22.0 Å². The van der Waals surface area contributed by atoms with E-state index >= 15 is 0 Å². The molecule has 0 aliphatic heterocycles. The van der Waals surface area contributed by atoms with Crippen molar-refractivity contribution in [1.29, 1.82) is 0 Å². The third-order valence-corrected chi connectivity index (χ3v) is 6.49. The van der Waals surface area contributed by atoms with E-state index in [1.807, 2.05) is 30.9 Å². The van der Waals surface area contributed by atoms with Gasteiger partial charge in [-0.1, -0.05) is 43.0 Å². The molecule has 1 aliphatic rings. The normalized spacial score (nSPS) is 14.5. The van der Waals surface area contributed by atoms with Gasteiger partial charge in [-0.15, -0.1) is 0 Å². The Balaban J connectivity index is 1.66. The van der Waals surface area contributed by atoms with Gasteiger partial charge in [0.2, 0.25) is 0 Å². The number of anilines is 1. The Bertz CT molecular complexity index is 1150. The molecule has 1 aromatic heterocycles. The van der Waals surface area contributed by atoms with Gasteiger partial charge in [0.15, 0.2) is 0 Å². The van der Waals surface area contributed by atoms with Crippen LogP contribution in [0.2, 0.25) is 5.02 Å². The Morgan fingerprint density at radius 1 is 1.06 bits per heavy atom. The molecule has 4 rings (SSSR count). The molecule has 2 N–H and O–H groups in total. The Morgan fingerprint density at radius 3 is 2.45 bits per heavy atom. The Morgan fingerprint density at radius 2 is 1.74 bits per heavy atom. The highest BCUT2D eigenvalue weighted by molar-refractivity contribution is 6.30. The first-order valence-electron chi connectivity index (χ1n) is 10.9. The van der Waals surface area contributed by atoms with Crippen LogP contribution in [0.15, 0.2) is 47.3 Å². The number of amides is 2. The van der Waals surface area contributed by atoms with E-state index in [0.29, 0.717) is 16.3 Å². The minimum atomic E-state index is -0.185. The van der Waals surface area contributed by atoms with Crippen molar-refractivity contribution in [3.05, 3.63) is 74.5 Å². The number of nitrogens with zero attached hydrogens (tertiary/aromatic N) is 1. The number of aryl methyl sites for hydroxylation is 2. The molecule has 0 spiro atoms. The topological polar surface area (TPSA) is 65.2 Å². The summed E-state index contributed by atoms with van der Waals surface area (Å²) in [5.41, 5.74) is 4.17. The summed E-state index contributed by atoms with van der Waals surface area (Å²) in [6.45, 7) is 4.31. The lowest BCUT2D eigenvalue weighted by molar-refractivity contribution is 0.162. The molecule has 0 bridgehead atoms. The number of pyridine rings is 1. The van der Waals surface area contributed by atoms with E-state index in [2.05, 4.69) is 16.4 Å². The minimum Gasteiger partial charge on any atom is -0.321 e. The molecule has 0 unspecified atom stereocenters. The highest BCUT2D eigenvalue weighted by Gasteiger charge is 2.26. The molecule has 1 saturated carbocycles. The fourth-order valence-electron chi connectivity index (χ4n) is 4.41. The quantitative estimate of drug-likeness (QED) is 0.512. The molecule has 31 heavy (non-hydrogen) atoms.